The van der Waals surface area contributed by atoms with E-state index < -0.39 is 0 Å². The van der Waals surface area contributed by atoms with Crippen LogP contribution < -0.4 is 0 Å². The van der Waals surface area contributed by atoms with E-state index in [0.717, 1.165) is 5.56 Å². The summed E-state index contributed by atoms with van der Waals surface area (Å²) in [5.41, 5.74) is 1.72. The van der Waals surface area contributed by atoms with Crippen LogP contribution in [0.2, 0.25) is 10.0 Å². The Labute approximate surface area is 108 Å². The molecule has 0 atom stereocenters. The molecule has 86 valence electrons. The summed E-state index contributed by atoms with van der Waals surface area (Å²) in [5.74, 6) is 0. The van der Waals surface area contributed by atoms with Crippen molar-refractivity contribution in [3.05, 3.63) is 58.6 Å². The molecule has 0 amide bonds. The van der Waals surface area contributed by atoms with Gasteiger partial charge in [0.2, 0.25) is 0 Å². The lowest BCUT2D eigenvalue weighted by molar-refractivity contribution is 0.111. The molecule has 1 heterocycles. The smallest absolute Gasteiger partial charge is 0.170 e. The SMILES string of the molecule is C=C(c1ccc(Cl)cc1Cl)n1cnc(C=O)c1. The van der Waals surface area contributed by atoms with Crippen LogP contribution in [0.3, 0.4) is 0 Å². The number of halogens is 2. The summed E-state index contributed by atoms with van der Waals surface area (Å²) in [6, 6.07) is 5.14. The molecule has 0 aliphatic rings. The number of carbonyl (C=O) groups excluding carboxylic acids is 1. The molecule has 0 aliphatic carbocycles. The molecule has 0 N–H and O–H groups in total. The van der Waals surface area contributed by atoms with Crippen LogP contribution in [0.1, 0.15) is 16.1 Å². The van der Waals surface area contributed by atoms with Crippen molar-refractivity contribution in [2.24, 2.45) is 0 Å². The first kappa shape index (κ1) is 11.9. The number of aromatic nitrogens is 2. The van der Waals surface area contributed by atoms with E-state index >= 15 is 0 Å². The molecule has 17 heavy (non-hydrogen) atoms. The van der Waals surface area contributed by atoms with E-state index in [0.29, 0.717) is 27.7 Å². The summed E-state index contributed by atoms with van der Waals surface area (Å²) in [5, 5.41) is 1.06. The normalized spacial score (nSPS) is 10.2. The average Bonchev–Trinajstić information content (AvgIpc) is 2.76. The van der Waals surface area contributed by atoms with Gasteiger partial charge in [0.05, 0.1) is 5.02 Å². The third-order valence-corrected chi connectivity index (χ3v) is 2.82. The lowest BCUT2D eigenvalue weighted by Crippen LogP contribution is -1.95. The Morgan fingerprint density at radius 2 is 2.18 bits per heavy atom. The van der Waals surface area contributed by atoms with Gasteiger partial charge in [0, 0.05) is 22.5 Å². The van der Waals surface area contributed by atoms with E-state index in [9.17, 15) is 4.79 Å². The second-order valence-corrected chi connectivity index (χ2v) is 4.24. The lowest BCUT2D eigenvalue weighted by atomic mass is 10.2. The van der Waals surface area contributed by atoms with Gasteiger partial charge in [0.1, 0.15) is 12.0 Å². The summed E-state index contributed by atoms with van der Waals surface area (Å²) in [4.78, 5) is 14.4. The molecule has 0 saturated heterocycles. The van der Waals surface area contributed by atoms with Crippen molar-refractivity contribution in [2.45, 2.75) is 0 Å². The monoisotopic (exact) mass is 266 g/mol. The van der Waals surface area contributed by atoms with Gasteiger partial charge >= 0.3 is 0 Å². The first-order chi connectivity index (χ1) is 8.11. The van der Waals surface area contributed by atoms with Crippen molar-refractivity contribution < 1.29 is 4.79 Å². The van der Waals surface area contributed by atoms with Crippen molar-refractivity contribution in [1.29, 1.82) is 0 Å². The number of imidazole rings is 1. The van der Waals surface area contributed by atoms with Crippen molar-refractivity contribution in [3.8, 4) is 0 Å². The molecule has 2 aromatic rings. The Balaban J connectivity index is 2.39. The molecule has 3 nitrogen and oxygen atoms in total. The summed E-state index contributed by atoms with van der Waals surface area (Å²) in [7, 11) is 0. The van der Waals surface area contributed by atoms with E-state index in [4.69, 9.17) is 23.2 Å². The highest BCUT2D eigenvalue weighted by atomic mass is 35.5. The van der Waals surface area contributed by atoms with Crippen LogP contribution in [0.4, 0.5) is 0 Å². The van der Waals surface area contributed by atoms with Gasteiger partial charge in [0.25, 0.3) is 0 Å². The number of benzene rings is 1. The number of nitrogens with zero attached hydrogens (tertiary/aromatic N) is 2. The van der Waals surface area contributed by atoms with Crippen molar-refractivity contribution >= 4 is 35.2 Å². The Morgan fingerprint density at radius 3 is 2.76 bits per heavy atom. The molecular weight excluding hydrogens is 259 g/mol. The number of aldehydes is 1. The molecule has 0 saturated carbocycles. The maximum atomic E-state index is 10.5. The standard InChI is InChI=1S/C12H8Cl2N2O/c1-8(16-5-10(6-17)15-7-16)11-3-2-9(13)4-12(11)14/h2-7H,1H2. The van der Waals surface area contributed by atoms with Crippen LogP contribution in [0.15, 0.2) is 37.3 Å². The van der Waals surface area contributed by atoms with Gasteiger partial charge in [-0.25, -0.2) is 4.98 Å². The molecule has 0 fully saturated rings. The molecule has 0 spiro atoms. The minimum atomic E-state index is 0.344. The van der Waals surface area contributed by atoms with Crippen molar-refractivity contribution in [3.63, 3.8) is 0 Å². The zero-order valence-electron chi connectivity index (χ0n) is 8.73. The van der Waals surface area contributed by atoms with Gasteiger partial charge < -0.3 is 4.57 Å². The predicted octanol–water partition coefficient (Wildman–Crippen LogP) is 3.52. The third kappa shape index (κ3) is 2.40. The minimum absolute atomic E-state index is 0.344. The molecule has 5 heteroatoms. The Bertz CT molecular complexity index is 590. The first-order valence-corrected chi connectivity index (χ1v) is 5.51. The van der Waals surface area contributed by atoms with Gasteiger partial charge in [-0.2, -0.15) is 0 Å². The first-order valence-electron chi connectivity index (χ1n) is 4.75. The van der Waals surface area contributed by atoms with Crippen molar-refractivity contribution in [2.75, 3.05) is 0 Å². The second kappa shape index (κ2) is 4.73. The molecule has 0 aliphatic heterocycles. The average molecular weight is 267 g/mol. The summed E-state index contributed by atoms with van der Waals surface area (Å²) < 4.78 is 1.64. The predicted molar refractivity (Wildman–Crippen MR) is 68.5 cm³/mol. The topological polar surface area (TPSA) is 34.9 Å². The van der Waals surface area contributed by atoms with Gasteiger partial charge in [-0.05, 0) is 18.2 Å². The van der Waals surface area contributed by atoms with Crippen LogP contribution in [-0.2, 0) is 0 Å². The van der Waals surface area contributed by atoms with E-state index in [2.05, 4.69) is 11.6 Å². The highest BCUT2D eigenvalue weighted by Gasteiger charge is 2.08. The minimum Gasteiger partial charge on any atom is -0.306 e. The Hall–Kier alpha value is -1.58. The van der Waals surface area contributed by atoms with Gasteiger partial charge in [0.15, 0.2) is 6.29 Å². The number of hydrogen-bond acceptors (Lipinski definition) is 2. The second-order valence-electron chi connectivity index (χ2n) is 3.39. The zero-order chi connectivity index (χ0) is 12.4. The quantitative estimate of drug-likeness (QED) is 0.797. The molecular formula is C12H8Cl2N2O. The van der Waals surface area contributed by atoms with E-state index in [1.165, 1.54) is 6.33 Å². The Morgan fingerprint density at radius 1 is 1.41 bits per heavy atom. The number of carbonyl (C=O) groups is 1. The largest absolute Gasteiger partial charge is 0.306 e. The van der Waals surface area contributed by atoms with E-state index in [1.807, 2.05) is 0 Å². The van der Waals surface area contributed by atoms with E-state index in [-0.39, 0.29) is 0 Å². The molecule has 0 unspecified atom stereocenters. The lowest BCUT2D eigenvalue weighted by Gasteiger charge is -2.08. The van der Waals surface area contributed by atoms with Crippen molar-refractivity contribution in [1.82, 2.24) is 9.55 Å². The van der Waals surface area contributed by atoms with E-state index in [1.54, 1.807) is 29.0 Å². The number of hydrogen-bond donors (Lipinski definition) is 0. The summed E-state index contributed by atoms with van der Waals surface area (Å²) >= 11 is 11.9. The Kier molecular flexibility index (Phi) is 3.31. The maximum Gasteiger partial charge on any atom is 0.170 e. The zero-order valence-corrected chi connectivity index (χ0v) is 10.2. The highest BCUT2D eigenvalue weighted by molar-refractivity contribution is 6.35. The highest BCUT2D eigenvalue weighted by Crippen LogP contribution is 2.27. The van der Waals surface area contributed by atoms with Gasteiger partial charge in [-0.15, -0.1) is 0 Å². The maximum absolute atomic E-state index is 10.5. The van der Waals surface area contributed by atoms with Crippen LogP contribution in [0, 0.1) is 0 Å². The van der Waals surface area contributed by atoms with Gasteiger partial charge in [-0.1, -0.05) is 29.8 Å². The molecule has 1 aromatic heterocycles. The van der Waals surface area contributed by atoms with Crippen LogP contribution >= 0.6 is 23.2 Å². The van der Waals surface area contributed by atoms with Gasteiger partial charge in [-0.3, -0.25) is 4.79 Å². The summed E-state index contributed by atoms with van der Waals surface area (Å²) in [6.07, 6.45) is 3.77. The molecule has 1 aromatic carbocycles. The fraction of sp³-hybridized carbons (Fsp3) is 0. The summed E-state index contributed by atoms with van der Waals surface area (Å²) in [6.45, 7) is 3.91. The molecule has 2 rings (SSSR count). The van der Waals surface area contributed by atoms with Crippen LogP contribution in [0.25, 0.3) is 5.70 Å². The molecule has 0 bridgehead atoms. The molecule has 0 radical (unpaired) electrons. The fourth-order valence-corrected chi connectivity index (χ4v) is 1.93. The fourth-order valence-electron chi connectivity index (χ4n) is 1.41. The number of rotatable bonds is 3. The van der Waals surface area contributed by atoms with Crippen LogP contribution in [-0.4, -0.2) is 15.8 Å². The third-order valence-electron chi connectivity index (χ3n) is 2.28. The van der Waals surface area contributed by atoms with Crippen LogP contribution in [0.5, 0.6) is 0 Å².